The average Bonchev–Trinajstić information content (AvgIpc) is 2.95. The summed E-state index contributed by atoms with van der Waals surface area (Å²) in [4.78, 5) is 25.2. The number of nitrogens with two attached hydrogens (primary N) is 1. The van der Waals surface area contributed by atoms with Crippen molar-refractivity contribution in [2.45, 2.75) is 0 Å². The zero-order valence-corrected chi connectivity index (χ0v) is 13.7. The maximum Gasteiger partial charge on any atom is 0.236 e. The van der Waals surface area contributed by atoms with Crippen LogP contribution in [0.1, 0.15) is 0 Å². The van der Waals surface area contributed by atoms with Gasteiger partial charge in [-0.2, -0.15) is 0 Å². The van der Waals surface area contributed by atoms with E-state index >= 15 is 0 Å². The summed E-state index contributed by atoms with van der Waals surface area (Å²) in [6, 6.07) is 2.05. The maximum absolute atomic E-state index is 11.5. The van der Waals surface area contributed by atoms with Crippen molar-refractivity contribution < 1.29 is 4.79 Å². The first-order valence-electron chi connectivity index (χ1n) is 6.20. The molecule has 1 aliphatic heterocycles. The number of piperazine rings is 1. The van der Waals surface area contributed by atoms with Crippen molar-refractivity contribution >= 4 is 58.1 Å². The Morgan fingerprint density at radius 2 is 1.95 bits per heavy atom. The zero-order valence-electron chi connectivity index (χ0n) is 11.3. The number of hydrogen-bond donors (Lipinski definition) is 1. The van der Waals surface area contributed by atoms with Crippen LogP contribution in [0.3, 0.4) is 0 Å². The second kappa shape index (κ2) is 7.74. The molecule has 2 aromatic rings. The Morgan fingerprint density at radius 1 is 1.24 bits per heavy atom. The third-order valence-electron chi connectivity index (χ3n) is 3.35. The summed E-state index contributed by atoms with van der Waals surface area (Å²) in [5, 5.41) is 3.11. The molecule has 2 N–H and O–H groups in total. The van der Waals surface area contributed by atoms with E-state index in [1.54, 1.807) is 17.7 Å². The first-order chi connectivity index (χ1) is 9.29. The van der Waals surface area contributed by atoms with Gasteiger partial charge in [0.05, 0.1) is 11.9 Å². The van der Waals surface area contributed by atoms with E-state index in [9.17, 15) is 4.79 Å². The van der Waals surface area contributed by atoms with E-state index in [2.05, 4.69) is 14.9 Å². The van der Waals surface area contributed by atoms with E-state index in [1.807, 2.05) is 16.3 Å². The van der Waals surface area contributed by atoms with Gasteiger partial charge in [0.15, 0.2) is 0 Å². The van der Waals surface area contributed by atoms with Gasteiger partial charge < -0.3 is 15.5 Å². The zero-order chi connectivity index (χ0) is 13.2. The summed E-state index contributed by atoms with van der Waals surface area (Å²) in [5.74, 6) is 0.981. The van der Waals surface area contributed by atoms with Crippen molar-refractivity contribution in [1.29, 1.82) is 0 Å². The number of amides is 1. The summed E-state index contributed by atoms with van der Waals surface area (Å²) in [7, 11) is 0. The lowest BCUT2D eigenvalue weighted by Crippen LogP contribution is -2.50. The largest absolute Gasteiger partial charge is 0.352 e. The molecular formula is C12H17Cl2N5OS. The van der Waals surface area contributed by atoms with Crippen molar-refractivity contribution in [1.82, 2.24) is 14.9 Å². The van der Waals surface area contributed by atoms with E-state index in [-0.39, 0.29) is 37.3 Å². The number of aromatic nitrogens is 2. The molecule has 0 unspecified atom stereocenters. The number of fused-ring (bicyclic) bond motifs is 1. The lowest BCUT2D eigenvalue weighted by molar-refractivity contribution is -0.129. The van der Waals surface area contributed by atoms with Crippen molar-refractivity contribution in [2.24, 2.45) is 5.73 Å². The molecule has 3 heterocycles. The Morgan fingerprint density at radius 3 is 2.62 bits per heavy atom. The molecule has 1 aliphatic rings. The Hall–Kier alpha value is -1.15. The minimum Gasteiger partial charge on any atom is -0.352 e. The number of thiophene rings is 1. The van der Waals surface area contributed by atoms with E-state index < -0.39 is 0 Å². The molecule has 1 amide bonds. The van der Waals surface area contributed by atoms with Crippen LogP contribution in [0, 0.1) is 0 Å². The molecule has 0 aromatic carbocycles. The van der Waals surface area contributed by atoms with E-state index in [4.69, 9.17) is 5.73 Å². The second-order valence-corrected chi connectivity index (χ2v) is 5.30. The highest BCUT2D eigenvalue weighted by atomic mass is 35.5. The first-order valence-corrected chi connectivity index (χ1v) is 7.08. The summed E-state index contributed by atoms with van der Waals surface area (Å²) in [6.07, 6.45) is 1.60. The standard InChI is InChI=1S/C12H15N5OS.2ClH/c13-7-10(18)16-2-4-17(5-3-16)11-9-1-6-19-12(9)15-8-14-11;;/h1,6,8H,2-5,7,13H2;2*1H. The van der Waals surface area contributed by atoms with Crippen molar-refractivity contribution in [3.63, 3.8) is 0 Å². The molecule has 6 nitrogen and oxygen atoms in total. The number of anilines is 1. The molecule has 0 aliphatic carbocycles. The van der Waals surface area contributed by atoms with Crippen molar-refractivity contribution in [3.05, 3.63) is 17.8 Å². The van der Waals surface area contributed by atoms with Gasteiger partial charge in [-0.1, -0.05) is 0 Å². The predicted octanol–water partition coefficient (Wildman–Crippen LogP) is 1.14. The molecular weight excluding hydrogens is 333 g/mol. The maximum atomic E-state index is 11.5. The Kier molecular flexibility index (Phi) is 6.60. The number of halogens is 2. The number of carbonyl (C=O) groups is 1. The summed E-state index contributed by atoms with van der Waals surface area (Å²) < 4.78 is 0. The van der Waals surface area contributed by atoms with Gasteiger partial charge in [0.1, 0.15) is 17.0 Å². The third-order valence-corrected chi connectivity index (χ3v) is 4.17. The molecule has 9 heteroatoms. The van der Waals surface area contributed by atoms with E-state index in [0.29, 0.717) is 13.1 Å². The van der Waals surface area contributed by atoms with Gasteiger partial charge in [-0.05, 0) is 11.4 Å². The van der Waals surface area contributed by atoms with Gasteiger partial charge >= 0.3 is 0 Å². The number of nitrogens with zero attached hydrogens (tertiary/aromatic N) is 4. The predicted molar refractivity (Wildman–Crippen MR) is 89.8 cm³/mol. The molecule has 0 bridgehead atoms. The van der Waals surface area contributed by atoms with E-state index in [1.165, 1.54) is 0 Å². The van der Waals surface area contributed by atoms with Crippen molar-refractivity contribution in [3.8, 4) is 0 Å². The first kappa shape index (κ1) is 17.9. The number of carbonyl (C=O) groups excluding carboxylic acids is 1. The second-order valence-electron chi connectivity index (χ2n) is 4.41. The van der Waals surface area contributed by atoms with Crippen LogP contribution in [0.15, 0.2) is 17.8 Å². The van der Waals surface area contributed by atoms with Crippen LogP contribution < -0.4 is 10.6 Å². The monoisotopic (exact) mass is 349 g/mol. The molecule has 0 spiro atoms. The SMILES string of the molecule is Cl.Cl.NCC(=O)N1CCN(c2ncnc3sccc23)CC1. The highest BCUT2D eigenvalue weighted by Gasteiger charge is 2.22. The molecule has 21 heavy (non-hydrogen) atoms. The highest BCUT2D eigenvalue weighted by Crippen LogP contribution is 2.27. The average molecular weight is 350 g/mol. The fraction of sp³-hybridized carbons (Fsp3) is 0.417. The normalized spacial score (nSPS) is 14.5. The van der Waals surface area contributed by atoms with Crippen LogP contribution >= 0.6 is 36.2 Å². The van der Waals surface area contributed by atoms with Crippen molar-refractivity contribution in [2.75, 3.05) is 37.6 Å². The Labute approximate surface area is 139 Å². The third kappa shape index (κ3) is 3.55. The lowest BCUT2D eigenvalue weighted by Gasteiger charge is -2.35. The molecule has 0 atom stereocenters. The summed E-state index contributed by atoms with van der Waals surface area (Å²) in [6.45, 7) is 3.06. The van der Waals surface area contributed by atoms with Gasteiger partial charge in [0.2, 0.25) is 5.91 Å². The van der Waals surface area contributed by atoms with Crippen LogP contribution in [0.5, 0.6) is 0 Å². The van der Waals surface area contributed by atoms with Gasteiger partial charge in [0.25, 0.3) is 0 Å². The minimum atomic E-state index is 0. The van der Waals surface area contributed by atoms with Gasteiger partial charge in [-0.15, -0.1) is 36.2 Å². The molecule has 116 valence electrons. The van der Waals surface area contributed by atoms with Gasteiger partial charge in [-0.3, -0.25) is 4.79 Å². The lowest BCUT2D eigenvalue weighted by atomic mass is 10.2. The molecule has 1 fully saturated rings. The van der Waals surface area contributed by atoms with Gasteiger partial charge in [0, 0.05) is 26.2 Å². The van der Waals surface area contributed by atoms with Crippen LogP contribution in [-0.4, -0.2) is 53.5 Å². The molecule has 3 rings (SSSR count). The quantitative estimate of drug-likeness (QED) is 0.879. The summed E-state index contributed by atoms with van der Waals surface area (Å²) >= 11 is 1.62. The minimum absolute atomic E-state index is 0. The van der Waals surface area contributed by atoms with Crippen LogP contribution in [-0.2, 0) is 4.79 Å². The fourth-order valence-electron chi connectivity index (χ4n) is 2.33. The fourth-order valence-corrected chi connectivity index (χ4v) is 3.05. The molecule has 1 saturated heterocycles. The van der Waals surface area contributed by atoms with Crippen LogP contribution in [0.4, 0.5) is 5.82 Å². The topological polar surface area (TPSA) is 75.4 Å². The van der Waals surface area contributed by atoms with Gasteiger partial charge in [-0.25, -0.2) is 9.97 Å². The van der Waals surface area contributed by atoms with E-state index in [0.717, 1.165) is 29.1 Å². The number of hydrogen-bond acceptors (Lipinski definition) is 6. The molecule has 0 saturated carbocycles. The molecule has 2 aromatic heterocycles. The summed E-state index contributed by atoms with van der Waals surface area (Å²) in [5.41, 5.74) is 5.39. The van der Waals surface area contributed by atoms with Crippen LogP contribution in [0.2, 0.25) is 0 Å². The molecule has 0 radical (unpaired) electrons. The highest BCUT2D eigenvalue weighted by molar-refractivity contribution is 7.16. The smallest absolute Gasteiger partial charge is 0.236 e. The Bertz CT molecular complexity index is 600. The number of rotatable bonds is 2. The Balaban J connectivity index is 0.00000110. The van der Waals surface area contributed by atoms with Crippen LogP contribution in [0.25, 0.3) is 10.2 Å².